The van der Waals surface area contributed by atoms with Gasteiger partial charge < -0.3 is 10.1 Å². The summed E-state index contributed by atoms with van der Waals surface area (Å²) in [6.07, 6.45) is 3.96. The molecule has 1 unspecified atom stereocenters. The molecule has 0 saturated carbocycles. The van der Waals surface area contributed by atoms with Crippen LogP contribution in [0.3, 0.4) is 0 Å². The molecule has 4 heteroatoms. The normalized spacial score (nSPS) is 18.8. The molecule has 1 amide bonds. The Labute approximate surface area is 116 Å². The van der Waals surface area contributed by atoms with E-state index in [0.29, 0.717) is 19.1 Å². The van der Waals surface area contributed by atoms with Gasteiger partial charge in [-0.15, -0.1) is 0 Å². The summed E-state index contributed by atoms with van der Waals surface area (Å²) in [6, 6.07) is 7.81. The summed E-state index contributed by atoms with van der Waals surface area (Å²) in [5.41, 5.74) is 1.02. The van der Waals surface area contributed by atoms with E-state index in [-0.39, 0.29) is 5.91 Å². The van der Waals surface area contributed by atoms with Gasteiger partial charge in [-0.25, -0.2) is 0 Å². The number of carbonyl (C=O) groups excluding carboxylic acids is 1. The maximum absolute atomic E-state index is 11.8. The highest BCUT2D eigenvalue weighted by molar-refractivity contribution is 9.10. The lowest BCUT2D eigenvalue weighted by Crippen LogP contribution is -2.28. The molecule has 1 N–H and O–H groups in total. The Balaban J connectivity index is 1.70. The fourth-order valence-electron chi connectivity index (χ4n) is 2.12. The number of hydrogen-bond donors (Lipinski definition) is 1. The molecule has 98 valence electrons. The first-order valence-electron chi connectivity index (χ1n) is 6.37. The van der Waals surface area contributed by atoms with Gasteiger partial charge in [-0.05, 0) is 30.9 Å². The molecule has 1 aromatic rings. The Hall–Kier alpha value is -0.870. The van der Waals surface area contributed by atoms with Gasteiger partial charge >= 0.3 is 0 Å². The van der Waals surface area contributed by atoms with Gasteiger partial charge in [0.05, 0.1) is 12.5 Å². The Kier molecular flexibility index (Phi) is 5.20. The molecule has 1 aromatic carbocycles. The van der Waals surface area contributed by atoms with Crippen molar-refractivity contribution < 1.29 is 9.53 Å². The van der Waals surface area contributed by atoms with E-state index in [1.807, 2.05) is 24.3 Å². The number of carbonyl (C=O) groups is 1. The van der Waals surface area contributed by atoms with Gasteiger partial charge in [0, 0.05) is 17.6 Å². The van der Waals surface area contributed by atoms with Crippen molar-refractivity contribution in [2.24, 2.45) is 0 Å². The molecule has 0 aliphatic carbocycles. The minimum Gasteiger partial charge on any atom is -0.378 e. The van der Waals surface area contributed by atoms with Crippen molar-refractivity contribution >= 4 is 21.8 Å². The zero-order chi connectivity index (χ0) is 12.8. The molecule has 1 aliphatic heterocycles. The number of amides is 1. The molecule has 18 heavy (non-hydrogen) atoms. The van der Waals surface area contributed by atoms with Crippen molar-refractivity contribution in [1.82, 2.24) is 5.32 Å². The first kappa shape index (κ1) is 13.6. The fourth-order valence-corrected chi connectivity index (χ4v) is 2.55. The molecular formula is C14H18BrNO2. The third-order valence-electron chi connectivity index (χ3n) is 3.12. The van der Waals surface area contributed by atoms with E-state index < -0.39 is 0 Å². The lowest BCUT2D eigenvalue weighted by molar-refractivity contribution is -0.120. The van der Waals surface area contributed by atoms with Crippen LogP contribution >= 0.6 is 15.9 Å². The molecule has 2 rings (SSSR count). The summed E-state index contributed by atoms with van der Waals surface area (Å²) >= 11 is 3.45. The predicted molar refractivity (Wildman–Crippen MR) is 74.4 cm³/mol. The van der Waals surface area contributed by atoms with E-state index in [1.165, 1.54) is 0 Å². The van der Waals surface area contributed by atoms with Gasteiger partial charge in [-0.1, -0.05) is 34.1 Å². The number of halogens is 1. The Morgan fingerprint density at radius 1 is 1.44 bits per heavy atom. The second kappa shape index (κ2) is 6.90. The molecule has 3 nitrogen and oxygen atoms in total. The third-order valence-corrected chi connectivity index (χ3v) is 3.89. The smallest absolute Gasteiger partial charge is 0.224 e. The quantitative estimate of drug-likeness (QED) is 0.908. The SMILES string of the molecule is O=C(Cc1ccccc1Br)NCCC1CCCO1. The van der Waals surface area contributed by atoms with Gasteiger partial charge in [-0.2, -0.15) is 0 Å². The van der Waals surface area contributed by atoms with Crippen molar-refractivity contribution in [3.05, 3.63) is 34.3 Å². The predicted octanol–water partition coefficient (Wildman–Crippen LogP) is 2.68. The van der Waals surface area contributed by atoms with E-state index in [9.17, 15) is 4.79 Å². The second-order valence-electron chi connectivity index (χ2n) is 4.54. The highest BCUT2D eigenvalue weighted by atomic mass is 79.9. The van der Waals surface area contributed by atoms with Crippen LogP contribution in [0.2, 0.25) is 0 Å². The molecule has 1 fully saturated rings. The molecule has 1 heterocycles. The topological polar surface area (TPSA) is 38.3 Å². The van der Waals surface area contributed by atoms with Crippen molar-refractivity contribution in [3.63, 3.8) is 0 Å². The minimum absolute atomic E-state index is 0.0693. The van der Waals surface area contributed by atoms with E-state index in [2.05, 4.69) is 21.2 Å². The molecule has 0 radical (unpaired) electrons. The highest BCUT2D eigenvalue weighted by Gasteiger charge is 2.15. The summed E-state index contributed by atoms with van der Waals surface area (Å²) in [6.45, 7) is 1.57. The molecule has 1 aliphatic rings. The van der Waals surface area contributed by atoms with Crippen LogP contribution in [-0.2, 0) is 16.0 Å². The molecule has 1 saturated heterocycles. The zero-order valence-electron chi connectivity index (χ0n) is 10.3. The summed E-state index contributed by atoms with van der Waals surface area (Å²) in [5, 5.41) is 2.95. The summed E-state index contributed by atoms with van der Waals surface area (Å²) in [7, 11) is 0. The molecule has 0 aromatic heterocycles. The molecule has 1 atom stereocenters. The monoisotopic (exact) mass is 311 g/mol. The van der Waals surface area contributed by atoms with Crippen molar-refractivity contribution in [2.45, 2.75) is 31.8 Å². The van der Waals surface area contributed by atoms with Crippen molar-refractivity contribution in [3.8, 4) is 0 Å². The van der Waals surface area contributed by atoms with Gasteiger partial charge in [0.1, 0.15) is 0 Å². The van der Waals surface area contributed by atoms with Crippen LogP contribution in [0.4, 0.5) is 0 Å². The van der Waals surface area contributed by atoms with Crippen LogP contribution < -0.4 is 5.32 Å². The average molecular weight is 312 g/mol. The first-order valence-corrected chi connectivity index (χ1v) is 7.16. The van der Waals surface area contributed by atoms with Crippen LogP contribution in [0.25, 0.3) is 0 Å². The zero-order valence-corrected chi connectivity index (χ0v) is 11.9. The number of ether oxygens (including phenoxy) is 1. The Bertz CT molecular complexity index is 403. The highest BCUT2D eigenvalue weighted by Crippen LogP contribution is 2.16. The Morgan fingerprint density at radius 3 is 3.00 bits per heavy atom. The lowest BCUT2D eigenvalue weighted by atomic mass is 10.1. The van der Waals surface area contributed by atoms with Crippen LogP contribution in [0.1, 0.15) is 24.8 Å². The lowest BCUT2D eigenvalue weighted by Gasteiger charge is -2.10. The number of benzene rings is 1. The number of hydrogen-bond acceptors (Lipinski definition) is 2. The summed E-state index contributed by atoms with van der Waals surface area (Å²) < 4.78 is 6.50. The van der Waals surface area contributed by atoms with E-state index >= 15 is 0 Å². The summed E-state index contributed by atoms with van der Waals surface area (Å²) in [5.74, 6) is 0.0693. The van der Waals surface area contributed by atoms with Gasteiger partial charge in [0.15, 0.2) is 0 Å². The third kappa shape index (κ3) is 4.10. The van der Waals surface area contributed by atoms with Gasteiger partial charge in [0.2, 0.25) is 5.91 Å². The van der Waals surface area contributed by atoms with Gasteiger partial charge in [-0.3, -0.25) is 4.79 Å². The standard InChI is InChI=1S/C14H18BrNO2/c15-13-6-2-1-4-11(13)10-14(17)16-8-7-12-5-3-9-18-12/h1-2,4,6,12H,3,5,7-10H2,(H,16,17). The number of rotatable bonds is 5. The molecular weight excluding hydrogens is 294 g/mol. The second-order valence-corrected chi connectivity index (χ2v) is 5.40. The van der Waals surface area contributed by atoms with Crippen LogP contribution in [0.5, 0.6) is 0 Å². The van der Waals surface area contributed by atoms with Crippen molar-refractivity contribution in [2.75, 3.05) is 13.2 Å². The minimum atomic E-state index is 0.0693. The maximum Gasteiger partial charge on any atom is 0.224 e. The summed E-state index contributed by atoms with van der Waals surface area (Å²) in [4.78, 5) is 11.8. The van der Waals surface area contributed by atoms with Crippen LogP contribution in [-0.4, -0.2) is 25.2 Å². The average Bonchev–Trinajstić information content (AvgIpc) is 2.85. The molecule has 0 spiro atoms. The number of nitrogens with one attached hydrogen (secondary N) is 1. The maximum atomic E-state index is 11.8. The van der Waals surface area contributed by atoms with E-state index in [0.717, 1.165) is 35.9 Å². The van der Waals surface area contributed by atoms with Crippen LogP contribution in [0.15, 0.2) is 28.7 Å². The van der Waals surface area contributed by atoms with E-state index in [1.54, 1.807) is 0 Å². The van der Waals surface area contributed by atoms with Crippen molar-refractivity contribution in [1.29, 1.82) is 0 Å². The van der Waals surface area contributed by atoms with Crippen LogP contribution in [0, 0.1) is 0 Å². The molecule has 0 bridgehead atoms. The van der Waals surface area contributed by atoms with E-state index in [4.69, 9.17) is 4.74 Å². The first-order chi connectivity index (χ1) is 8.75. The fraction of sp³-hybridized carbons (Fsp3) is 0.500. The Morgan fingerprint density at radius 2 is 2.28 bits per heavy atom. The largest absolute Gasteiger partial charge is 0.378 e. The van der Waals surface area contributed by atoms with Gasteiger partial charge in [0.25, 0.3) is 0 Å².